The third-order valence-corrected chi connectivity index (χ3v) is 7.64. The van der Waals surface area contributed by atoms with Crippen LogP contribution in [0.5, 0.6) is 0 Å². The molecule has 5 nitrogen and oxygen atoms in total. The van der Waals surface area contributed by atoms with Crippen molar-refractivity contribution in [2.45, 2.75) is 56.2 Å². The van der Waals surface area contributed by atoms with Crippen LogP contribution in [0.4, 0.5) is 0 Å². The second kappa shape index (κ2) is 7.38. The van der Waals surface area contributed by atoms with Gasteiger partial charge in [-0.1, -0.05) is 17.8 Å². The van der Waals surface area contributed by atoms with Crippen LogP contribution in [-0.4, -0.2) is 40.4 Å². The van der Waals surface area contributed by atoms with Crippen LogP contribution in [0, 0.1) is 24.7 Å². The van der Waals surface area contributed by atoms with Crippen LogP contribution >= 0.6 is 11.8 Å². The Kier molecular flexibility index (Phi) is 4.87. The van der Waals surface area contributed by atoms with E-state index in [1.807, 2.05) is 12.1 Å². The first-order chi connectivity index (χ1) is 13.6. The van der Waals surface area contributed by atoms with Crippen molar-refractivity contribution >= 4 is 28.7 Å². The Morgan fingerprint density at radius 3 is 2.68 bits per heavy atom. The summed E-state index contributed by atoms with van der Waals surface area (Å²) in [4.78, 5) is 20.0. The second-order valence-corrected chi connectivity index (χ2v) is 10.1. The second-order valence-electron chi connectivity index (χ2n) is 9.15. The minimum absolute atomic E-state index is 0.0377. The number of nitrogens with one attached hydrogen (secondary N) is 2. The maximum absolute atomic E-state index is 12.2. The quantitative estimate of drug-likeness (QED) is 0.544. The molecule has 28 heavy (non-hydrogen) atoms. The van der Waals surface area contributed by atoms with Gasteiger partial charge in [0.1, 0.15) is 0 Å². The molecule has 0 unspecified atom stereocenters. The molecule has 0 radical (unpaired) electrons. The number of aromatic amines is 1. The Balaban J connectivity index is 1.05. The van der Waals surface area contributed by atoms with Crippen LogP contribution in [0.1, 0.15) is 44.1 Å². The molecule has 6 heteroatoms. The summed E-state index contributed by atoms with van der Waals surface area (Å²) in [5.74, 6) is 3.09. The van der Waals surface area contributed by atoms with Gasteiger partial charge in [-0.25, -0.2) is 4.98 Å². The van der Waals surface area contributed by atoms with Crippen LogP contribution in [0.25, 0.3) is 11.0 Å². The topological polar surface area (TPSA) is 67.0 Å². The Morgan fingerprint density at radius 1 is 1.25 bits per heavy atom. The number of carbonyl (C=O) groups excluding carboxylic acids is 1. The number of amides is 1. The molecule has 150 valence electrons. The van der Waals surface area contributed by atoms with E-state index in [1.165, 1.54) is 55.9 Å². The molecule has 0 spiro atoms. The Bertz CT molecular complexity index is 843. The summed E-state index contributed by atoms with van der Waals surface area (Å²) in [6.07, 6.45) is 8.02. The predicted molar refractivity (Wildman–Crippen MR) is 111 cm³/mol. The number of fused-ring (bicyclic) bond motifs is 1. The summed E-state index contributed by atoms with van der Waals surface area (Å²) >= 11 is 1.45. The summed E-state index contributed by atoms with van der Waals surface area (Å²) in [6, 6.07) is 6.13. The molecule has 4 aliphatic carbocycles. The largest absolute Gasteiger partial charge is 0.373 e. The maximum atomic E-state index is 12.2. The molecule has 1 aromatic carbocycles. The van der Waals surface area contributed by atoms with Crippen LogP contribution < -0.4 is 5.32 Å². The standard InChI is InChI=1S/C22H29N3O2S/c1-14-2-3-18-19(6-14)25-21(24-18)28-13-20(26)23-4-5-27-22-10-15-7-16(11-22)9-17(8-15)12-22/h2-3,6,15-17H,4-5,7-13H2,1H3,(H,23,26)(H,24,25). The van der Waals surface area contributed by atoms with Gasteiger partial charge in [0.15, 0.2) is 5.16 Å². The van der Waals surface area contributed by atoms with E-state index in [4.69, 9.17) is 4.74 Å². The van der Waals surface area contributed by atoms with Gasteiger partial charge < -0.3 is 15.0 Å². The van der Waals surface area contributed by atoms with Gasteiger partial charge in [-0.15, -0.1) is 0 Å². The zero-order chi connectivity index (χ0) is 19.1. The first-order valence-corrected chi connectivity index (χ1v) is 11.6. The monoisotopic (exact) mass is 399 g/mol. The molecule has 0 saturated heterocycles. The molecule has 0 aliphatic heterocycles. The highest BCUT2D eigenvalue weighted by atomic mass is 32.2. The SMILES string of the molecule is Cc1ccc2nc(SCC(=O)NCCOC34CC5CC(CC(C5)C3)C4)[nH]c2c1. The lowest BCUT2D eigenvalue weighted by atomic mass is 9.54. The lowest BCUT2D eigenvalue weighted by Crippen LogP contribution is -2.52. The molecule has 4 aliphatic rings. The normalized spacial score (nSPS) is 30.8. The zero-order valence-corrected chi connectivity index (χ0v) is 17.3. The number of thioether (sulfide) groups is 1. The average molecular weight is 400 g/mol. The molecule has 6 rings (SSSR count). The number of hydrogen-bond acceptors (Lipinski definition) is 4. The van der Waals surface area contributed by atoms with E-state index in [1.54, 1.807) is 0 Å². The number of hydrogen-bond donors (Lipinski definition) is 2. The highest BCUT2D eigenvalue weighted by Crippen LogP contribution is 2.57. The van der Waals surface area contributed by atoms with E-state index in [0.29, 0.717) is 18.9 Å². The van der Waals surface area contributed by atoms with E-state index in [-0.39, 0.29) is 11.5 Å². The van der Waals surface area contributed by atoms with Crippen molar-refractivity contribution in [3.8, 4) is 0 Å². The smallest absolute Gasteiger partial charge is 0.230 e. The van der Waals surface area contributed by atoms with E-state index >= 15 is 0 Å². The van der Waals surface area contributed by atoms with E-state index in [0.717, 1.165) is 33.9 Å². The molecule has 4 saturated carbocycles. The minimum Gasteiger partial charge on any atom is -0.373 e. The Morgan fingerprint density at radius 2 is 1.96 bits per heavy atom. The van der Waals surface area contributed by atoms with Crippen LogP contribution in [0.3, 0.4) is 0 Å². The number of aryl methyl sites for hydroxylation is 1. The number of ether oxygens (including phenoxy) is 1. The van der Waals surface area contributed by atoms with Gasteiger partial charge in [0.25, 0.3) is 0 Å². The Labute approximate surface area is 170 Å². The molecule has 2 aromatic rings. The highest BCUT2D eigenvalue weighted by molar-refractivity contribution is 7.99. The molecule has 2 N–H and O–H groups in total. The Hall–Kier alpha value is -1.53. The third-order valence-electron chi connectivity index (χ3n) is 6.77. The number of H-pyrrole nitrogens is 1. The summed E-state index contributed by atoms with van der Waals surface area (Å²) in [5.41, 5.74) is 3.29. The van der Waals surface area contributed by atoms with Crippen molar-refractivity contribution in [2.75, 3.05) is 18.9 Å². The van der Waals surface area contributed by atoms with Crippen LogP contribution in [0.2, 0.25) is 0 Å². The van der Waals surface area contributed by atoms with Gasteiger partial charge in [0.05, 0.1) is 29.0 Å². The van der Waals surface area contributed by atoms with Crippen molar-refractivity contribution in [3.63, 3.8) is 0 Å². The number of benzene rings is 1. The van der Waals surface area contributed by atoms with Gasteiger partial charge in [0, 0.05) is 6.54 Å². The van der Waals surface area contributed by atoms with Gasteiger partial charge in [-0.3, -0.25) is 4.79 Å². The fraction of sp³-hybridized carbons (Fsp3) is 0.636. The van der Waals surface area contributed by atoms with E-state index in [9.17, 15) is 4.79 Å². The summed E-state index contributed by atoms with van der Waals surface area (Å²) in [7, 11) is 0. The molecular weight excluding hydrogens is 370 g/mol. The van der Waals surface area contributed by atoms with E-state index < -0.39 is 0 Å². The molecule has 4 bridgehead atoms. The van der Waals surface area contributed by atoms with Crippen molar-refractivity contribution in [3.05, 3.63) is 23.8 Å². The van der Waals surface area contributed by atoms with Gasteiger partial charge in [0.2, 0.25) is 5.91 Å². The molecule has 1 heterocycles. The third kappa shape index (κ3) is 3.81. The minimum atomic E-state index is 0.0377. The molecule has 1 amide bonds. The summed E-state index contributed by atoms with van der Waals surface area (Å²) in [5, 5.41) is 3.79. The van der Waals surface area contributed by atoms with Crippen molar-refractivity contribution in [1.29, 1.82) is 0 Å². The molecular formula is C22H29N3O2S. The summed E-state index contributed by atoms with van der Waals surface area (Å²) in [6.45, 7) is 3.29. The van der Waals surface area contributed by atoms with Gasteiger partial charge in [-0.2, -0.15) is 0 Å². The molecule has 1 aromatic heterocycles. The number of imidazole rings is 1. The van der Waals surface area contributed by atoms with Crippen LogP contribution in [0.15, 0.2) is 23.4 Å². The highest BCUT2D eigenvalue weighted by Gasteiger charge is 2.51. The van der Waals surface area contributed by atoms with Crippen molar-refractivity contribution < 1.29 is 9.53 Å². The summed E-state index contributed by atoms with van der Waals surface area (Å²) < 4.78 is 6.37. The van der Waals surface area contributed by atoms with Gasteiger partial charge >= 0.3 is 0 Å². The first-order valence-electron chi connectivity index (χ1n) is 10.6. The predicted octanol–water partition coefficient (Wildman–Crippen LogP) is 4.07. The molecule has 0 atom stereocenters. The zero-order valence-electron chi connectivity index (χ0n) is 16.5. The number of rotatable bonds is 7. The number of nitrogens with zero attached hydrogens (tertiary/aromatic N) is 1. The lowest BCUT2D eigenvalue weighted by molar-refractivity contribution is -0.161. The van der Waals surface area contributed by atoms with E-state index in [2.05, 4.69) is 28.3 Å². The maximum Gasteiger partial charge on any atom is 0.230 e. The fourth-order valence-electron chi connectivity index (χ4n) is 6.02. The van der Waals surface area contributed by atoms with Crippen molar-refractivity contribution in [2.24, 2.45) is 17.8 Å². The van der Waals surface area contributed by atoms with Crippen molar-refractivity contribution in [1.82, 2.24) is 15.3 Å². The fourth-order valence-corrected chi connectivity index (χ4v) is 6.73. The average Bonchev–Trinajstić information content (AvgIpc) is 3.04. The lowest BCUT2D eigenvalue weighted by Gasteiger charge is -2.56. The van der Waals surface area contributed by atoms with Crippen LogP contribution in [-0.2, 0) is 9.53 Å². The number of aromatic nitrogens is 2. The van der Waals surface area contributed by atoms with Gasteiger partial charge in [-0.05, 0) is 80.9 Å². The molecule has 4 fully saturated rings. The number of carbonyl (C=O) groups is 1. The first kappa shape index (κ1) is 18.5.